The topological polar surface area (TPSA) is 76.2 Å². The lowest BCUT2D eigenvalue weighted by Crippen LogP contribution is -2.30. The summed E-state index contributed by atoms with van der Waals surface area (Å²) in [5.41, 5.74) is 1.32. The van der Waals surface area contributed by atoms with Crippen LogP contribution in [0.15, 0.2) is 65.3 Å². The van der Waals surface area contributed by atoms with Crippen molar-refractivity contribution in [1.82, 2.24) is 25.0 Å². The van der Waals surface area contributed by atoms with Crippen LogP contribution in [0.4, 0.5) is 0 Å². The summed E-state index contributed by atoms with van der Waals surface area (Å²) in [6, 6.07) is 18.2. The highest BCUT2D eigenvalue weighted by atomic mass is 16.3. The van der Waals surface area contributed by atoms with Crippen molar-refractivity contribution in [2.24, 2.45) is 0 Å². The first kappa shape index (κ1) is 19.5. The highest BCUT2D eigenvalue weighted by Crippen LogP contribution is 2.20. The van der Waals surface area contributed by atoms with E-state index < -0.39 is 0 Å². The van der Waals surface area contributed by atoms with E-state index in [1.165, 1.54) is 22.6 Å². The van der Waals surface area contributed by atoms with Gasteiger partial charge in [0.05, 0.1) is 12.3 Å². The Bertz CT molecular complexity index is 1200. The maximum atomic E-state index is 12.3. The van der Waals surface area contributed by atoms with Crippen LogP contribution in [0.3, 0.4) is 0 Å². The van der Waals surface area contributed by atoms with E-state index in [9.17, 15) is 4.79 Å². The first-order valence-corrected chi connectivity index (χ1v) is 10.6. The summed E-state index contributed by atoms with van der Waals surface area (Å²) in [7, 11) is 0. The number of carbonyl (C=O) groups excluding carboxylic acids is 1. The molecule has 0 aliphatic carbocycles. The first-order valence-electron chi connectivity index (χ1n) is 10.6. The molecular formula is C24H25N5O2. The van der Waals surface area contributed by atoms with Crippen molar-refractivity contribution in [3.8, 4) is 0 Å². The zero-order chi connectivity index (χ0) is 21.2. The molecule has 2 aromatic heterocycles. The van der Waals surface area contributed by atoms with Crippen molar-refractivity contribution in [2.45, 2.75) is 32.5 Å². The predicted molar refractivity (Wildman–Crippen MR) is 118 cm³/mol. The number of fused-ring (bicyclic) bond motifs is 2. The molecule has 1 aliphatic rings. The lowest BCUT2D eigenvalue weighted by molar-refractivity contribution is 0.0909. The average molecular weight is 415 g/mol. The first-order chi connectivity index (χ1) is 15.2. The van der Waals surface area contributed by atoms with E-state index in [2.05, 4.69) is 67.4 Å². The minimum Gasteiger partial charge on any atom is -0.459 e. The number of hydrogen-bond acceptors (Lipinski definition) is 5. The molecule has 4 aromatic rings. The van der Waals surface area contributed by atoms with Gasteiger partial charge in [-0.2, -0.15) is 0 Å². The Morgan fingerprint density at radius 1 is 1.06 bits per heavy atom. The van der Waals surface area contributed by atoms with E-state index >= 15 is 0 Å². The van der Waals surface area contributed by atoms with E-state index in [0.29, 0.717) is 5.76 Å². The van der Waals surface area contributed by atoms with Crippen molar-refractivity contribution in [3.63, 3.8) is 0 Å². The normalized spacial score (nSPS) is 15.4. The summed E-state index contributed by atoms with van der Waals surface area (Å²) < 4.78 is 7.33. The molecule has 0 saturated heterocycles. The van der Waals surface area contributed by atoms with Crippen LogP contribution in [-0.2, 0) is 19.5 Å². The van der Waals surface area contributed by atoms with Crippen LogP contribution in [0, 0.1) is 0 Å². The Morgan fingerprint density at radius 3 is 2.77 bits per heavy atom. The van der Waals surface area contributed by atoms with Gasteiger partial charge in [0.25, 0.3) is 5.91 Å². The summed E-state index contributed by atoms with van der Waals surface area (Å²) in [6.45, 7) is 5.47. The molecule has 0 radical (unpaired) electrons. The summed E-state index contributed by atoms with van der Waals surface area (Å²) in [5, 5.41) is 14.3. The van der Waals surface area contributed by atoms with E-state index in [0.717, 1.165) is 44.2 Å². The van der Waals surface area contributed by atoms with Gasteiger partial charge in [0.2, 0.25) is 0 Å². The SMILES string of the molecule is CC(NC(=O)c1ccco1)c1nnc2n1CCN(Cc1ccc3ccccc3c1)CC2. The largest absolute Gasteiger partial charge is 0.459 e. The highest BCUT2D eigenvalue weighted by molar-refractivity contribution is 5.91. The third-order valence-electron chi connectivity index (χ3n) is 5.85. The summed E-state index contributed by atoms with van der Waals surface area (Å²) in [4.78, 5) is 14.8. The van der Waals surface area contributed by atoms with Gasteiger partial charge in [0, 0.05) is 32.6 Å². The molecule has 5 rings (SSSR count). The summed E-state index contributed by atoms with van der Waals surface area (Å²) >= 11 is 0. The molecule has 1 amide bonds. The van der Waals surface area contributed by atoms with Crippen molar-refractivity contribution in [2.75, 3.05) is 13.1 Å². The van der Waals surface area contributed by atoms with Crippen LogP contribution < -0.4 is 5.32 Å². The molecule has 1 aliphatic heterocycles. The van der Waals surface area contributed by atoms with Gasteiger partial charge in [-0.15, -0.1) is 10.2 Å². The third-order valence-corrected chi connectivity index (χ3v) is 5.85. The van der Waals surface area contributed by atoms with Crippen molar-refractivity contribution < 1.29 is 9.21 Å². The summed E-state index contributed by atoms with van der Waals surface area (Å²) in [6.07, 6.45) is 2.33. The molecule has 31 heavy (non-hydrogen) atoms. The molecule has 2 aromatic carbocycles. The zero-order valence-corrected chi connectivity index (χ0v) is 17.5. The molecule has 1 atom stereocenters. The van der Waals surface area contributed by atoms with Crippen LogP contribution in [0.1, 0.15) is 40.7 Å². The smallest absolute Gasteiger partial charge is 0.287 e. The van der Waals surface area contributed by atoms with Crippen LogP contribution in [0.25, 0.3) is 10.8 Å². The number of carbonyl (C=O) groups is 1. The molecule has 3 heterocycles. The molecule has 158 valence electrons. The van der Waals surface area contributed by atoms with Crippen molar-refractivity contribution >= 4 is 16.7 Å². The number of nitrogens with zero attached hydrogens (tertiary/aromatic N) is 4. The lowest BCUT2D eigenvalue weighted by atomic mass is 10.1. The Balaban J connectivity index is 1.26. The van der Waals surface area contributed by atoms with Crippen LogP contribution in [-0.4, -0.2) is 38.7 Å². The molecule has 1 unspecified atom stereocenters. The number of rotatable bonds is 5. The second kappa shape index (κ2) is 8.35. The minimum atomic E-state index is -0.258. The monoisotopic (exact) mass is 415 g/mol. The number of hydrogen-bond donors (Lipinski definition) is 1. The predicted octanol–water partition coefficient (Wildman–Crippen LogP) is 3.57. The second-order valence-electron chi connectivity index (χ2n) is 8.01. The maximum absolute atomic E-state index is 12.3. The second-order valence-corrected chi connectivity index (χ2v) is 8.01. The van der Waals surface area contributed by atoms with E-state index in [1.54, 1.807) is 12.1 Å². The van der Waals surface area contributed by atoms with E-state index in [-0.39, 0.29) is 11.9 Å². The van der Waals surface area contributed by atoms with Gasteiger partial charge >= 0.3 is 0 Å². The highest BCUT2D eigenvalue weighted by Gasteiger charge is 2.23. The minimum absolute atomic E-state index is 0.249. The van der Waals surface area contributed by atoms with Crippen molar-refractivity contribution in [3.05, 3.63) is 83.8 Å². The van der Waals surface area contributed by atoms with Crippen LogP contribution in [0.2, 0.25) is 0 Å². The Morgan fingerprint density at radius 2 is 1.94 bits per heavy atom. The Hall–Kier alpha value is -3.45. The number of furan rings is 1. The third kappa shape index (κ3) is 4.09. The summed E-state index contributed by atoms with van der Waals surface area (Å²) in [5.74, 6) is 1.79. The number of benzene rings is 2. The van der Waals surface area contributed by atoms with Gasteiger partial charge in [0.15, 0.2) is 11.6 Å². The van der Waals surface area contributed by atoms with E-state index in [1.807, 2.05) is 6.92 Å². The Labute approximate surface area is 180 Å². The van der Waals surface area contributed by atoms with Gasteiger partial charge in [-0.25, -0.2) is 0 Å². The van der Waals surface area contributed by atoms with Gasteiger partial charge in [-0.3, -0.25) is 9.69 Å². The average Bonchev–Trinajstić information content (AvgIpc) is 3.42. The van der Waals surface area contributed by atoms with Gasteiger partial charge in [-0.05, 0) is 41.5 Å². The number of amides is 1. The standard InChI is InChI=1S/C24H25N5O2/c1-17(25-24(30)21-7-4-14-31-21)23-27-26-22-10-11-28(12-13-29(22)23)16-18-8-9-19-5-2-3-6-20(19)15-18/h2-9,14-15,17H,10-13,16H2,1H3,(H,25,30). The quantitative estimate of drug-likeness (QED) is 0.539. The molecule has 1 N–H and O–H groups in total. The van der Waals surface area contributed by atoms with E-state index in [4.69, 9.17) is 4.42 Å². The molecule has 7 heteroatoms. The van der Waals surface area contributed by atoms with Crippen molar-refractivity contribution in [1.29, 1.82) is 0 Å². The van der Waals surface area contributed by atoms with Crippen LogP contribution in [0.5, 0.6) is 0 Å². The fraction of sp³-hybridized carbons (Fsp3) is 0.292. The number of nitrogens with one attached hydrogen (secondary N) is 1. The molecule has 7 nitrogen and oxygen atoms in total. The maximum Gasteiger partial charge on any atom is 0.287 e. The fourth-order valence-electron chi connectivity index (χ4n) is 4.20. The van der Waals surface area contributed by atoms with Gasteiger partial charge < -0.3 is 14.3 Å². The molecular weight excluding hydrogens is 390 g/mol. The van der Waals surface area contributed by atoms with Gasteiger partial charge in [-0.1, -0.05) is 36.4 Å². The molecule has 0 saturated carbocycles. The molecule has 0 fully saturated rings. The lowest BCUT2D eigenvalue weighted by Gasteiger charge is -2.20. The number of aromatic nitrogens is 3. The zero-order valence-electron chi connectivity index (χ0n) is 17.5. The molecule has 0 spiro atoms. The van der Waals surface area contributed by atoms with Gasteiger partial charge in [0.1, 0.15) is 5.82 Å². The Kier molecular flexibility index (Phi) is 5.26. The fourth-order valence-corrected chi connectivity index (χ4v) is 4.20. The van der Waals surface area contributed by atoms with Crippen LogP contribution >= 0.6 is 0 Å². The molecule has 0 bridgehead atoms.